The highest BCUT2D eigenvalue weighted by Crippen LogP contribution is 2.29. The summed E-state index contributed by atoms with van der Waals surface area (Å²) in [5.41, 5.74) is 9.41. The molecule has 1 aliphatic rings. The Hall–Kier alpha value is -4.01. The quantitative estimate of drug-likeness (QED) is 0.367. The number of urea groups is 1. The Bertz CT molecular complexity index is 1150. The fourth-order valence-electron chi connectivity index (χ4n) is 4.06. The van der Waals surface area contributed by atoms with Crippen LogP contribution in [0.5, 0.6) is 11.5 Å². The van der Waals surface area contributed by atoms with E-state index in [9.17, 15) is 4.79 Å². The average Bonchev–Trinajstić information content (AvgIpc) is 2.84. The number of benzene rings is 2. The van der Waals surface area contributed by atoms with Gasteiger partial charge in [-0.1, -0.05) is 19.3 Å². The van der Waals surface area contributed by atoms with Gasteiger partial charge in [0.2, 0.25) is 5.95 Å². The number of nitrogens with zero attached hydrogens (tertiary/aromatic N) is 2. The van der Waals surface area contributed by atoms with Crippen LogP contribution >= 0.6 is 0 Å². The number of carbonyl (C=O) groups excluding carboxylic acids is 1. The fraction of sp³-hybridized carbons (Fsp3) is 0.320. The van der Waals surface area contributed by atoms with E-state index < -0.39 is 0 Å². The number of methoxy groups -OCH3 is 2. The molecule has 2 amide bonds. The molecule has 3 aromatic rings. The van der Waals surface area contributed by atoms with Crippen LogP contribution in [0.1, 0.15) is 32.1 Å². The van der Waals surface area contributed by atoms with Crippen molar-refractivity contribution in [3.05, 3.63) is 48.7 Å². The van der Waals surface area contributed by atoms with E-state index in [0.717, 1.165) is 31.2 Å². The number of hydrogen-bond acceptors (Lipinski definition) is 7. The van der Waals surface area contributed by atoms with E-state index in [1.165, 1.54) is 6.42 Å². The standard InChI is InChI=1S/C25H30N6O3/c1-33-20-14-18(13-19(15-20)30-25(32)29-17-6-4-3-5-7-17)28-24-27-11-10-22(31-24)16-8-9-23(34-2)21(26)12-16/h8-15,17H,3-7,26H2,1-2H3,(H,27,28,31)(H2,29,30,32). The third kappa shape index (κ3) is 5.86. The molecule has 34 heavy (non-hydrogen) atoms. The molecule has 1 aliphatic carbocycles. The van der Waals surface area contributed by atoms with Crippen LogP contribution in [0, 0.1) is 0 Å². The predicted octanol–water partition coefficient (Wildman–Crippen LogP) is 4.94. The molecule has 4 rings (SSSR count). The molecule has 0 bridgehead atoms. The highest BCUT2D eigenvalue weighted by Gasteiger charge is 2.16. The summed E-state index contributed by atoms with van der Waals surface area (Å²) < 4.78 is 10.6. The van der Waals surface area contributed by atoms with Crippen LogP contribution in [-0.2, 0) is 0 Å². The highest BCUT2D eigenvalue weighted by atomic mass is 16.5. The van der Waals surface area contributed by atoms with Gasteiger partial charge in [-0.25, -0.2) is 14.8 Å². The Kier molecular flexibility index (Phi) is 7.31. The van der Waals surface area contributed by atoms with Crippen molar-refractivity contribution in [3.8, 4) is 22.8 Å². The van der Waals surface area contributed by atoms with E-state index in [0.29, 0.717) is 40.2 Å². The Balaban J connectivity index is 1.49. The molecule has 9 heteroatoms. The SMILES string of the molecule is COc1cc(NC(=O)NC2CCCCC2)cc(Nc2nccc(-c3ccc(OC)c(N)c3)n2)c1. The molecule has 1 saturated carbocycles. The van der Waals surface area contributed by atoms with E-state index in [4.69, 9.17) is 15.2 Å². The number of nitrogen functional groups attached to an aromatic ring is 1. The minimum Gasteiger partial charge on any atom is -0.497 e. The molecule has 9 nitrogen and oxygen atoms in total. The minimum atomic E-state index is -0.221. The molecule has 0 radical (unpaired) electrons. The molecule has 2 aromatic carbocycles. The second kappa shape index (κ2) is 10.7. The zero-order valence-corrected chi connectivity index (χ0v) is 19.4. The van der Waals surface area contributed by atoms with Gasteiger partial charge in [-0.2, -0.15) is 0 Å². The first-order valence-corrected chi connectivity index (χ1v) is 11.3. The van der Waals surface area contributed by atoms with Crippen molar-refractivity contribution in [2.24, 2.45) is 0 Å². The van der Waals surface area contributed by atoms with Crippen molar-refractivity contribution in [1.29, 1.82) is 0 Å². The zero-order chi connectivity index (χ0) is 23.9. The number of anilines is 4. The number of aromatic nitrogens is 2. The Morgan fingerprint density at radius 3 is 2.53 bits per heavy atom. The maximum atomic E-state index is 12.5. The average molecular weight is 463 g/mol. The van der Waals surface area contributed by atoms with Gasteiger partial charge in [0.1, 0.15) is 11.5 Å². The van der Waals surface area contributed by atoms with Crippen molar-refractivity contribution >= 4 is 29.0 Å². The molecule has 1 aromatic heterocycles. The number of nitrogens with two attached hydrogens (primary N) is 1. The molecule has 1 heterocycles. The summed E-state index contributed by atoms with van der Waals surface area (Å²) in [6, 6.07) is 12.7. The van der Waals surface area contributed by atoms with Crippen molar-refractivity contribution in [2.75, 3.05) is 30.6 Å². The molecule has 0 saturated heterocycles. The van der Waals surface area contributed by atoms with Crippen LogP contribution in [0.25, 0.3) is 11.3 Å². The summed E-state index contributed by atoms with van der Waals surface area (Å²) in [7, 11) is 3.16. The van der Waals surface area contributed by atoms with Crippen molar-refractivity contribution < 1.29 is 14.3 Å². The van der Waals surface area contributed by atoms with Crippen molar-refractivity contribution in [1.82, 2.24) is 15.3 Å². The first kappa shape index (κ1) is 23.2. The van der Waals surface area contributed by atoms with E-state index in [-0.39, 0.29) is 12.1 Å². The van der Waals surface area contributed by atoms with Crippen molar-refractivity contribution in [2.45, 2.75) is 38.1 Å². The number of rotatable bonds is 7. The Labute approximate surface area is 199 Å². The van der Waals surface area contributed by atoms with Gasteiger partial charge in [-0.15, -0.1) is 0 Å². The molecule has 5 N–H and O–H groups in total. The van der Waals surface area contributed by atoms with Crippen LogP contribution in [0.15, 0.2) is 48.7 Å². The molecule has 0 spiro atoms. The predicted molar refractivity (Wildman–Crippen MR) is 134 cm³/mol. The van der Waals surface area contributed by atoms with Crippen LogP contribution in [0.4, 0.5) is 27.8 Å². The number of nitrogens with one attached hydrogen (secondary N) is 3. The first-order valence-electron chi connectivity index (χ1n) is 11.3. The first-order chi connectivity index (χ1) is 16.5. The second-order valence-electron chi connectivity index (χ2n) is 8.23. The van der Waals surface area contributed by atoms with Gasteiger partial charge in [0.15, 0.2) is 0 Å². The highest BCUT2D eigenvalue weighted by molar-refractivity contribution is 5.90. The van der Waals surface area contributed by atoms with Crippen LogP contribution in [0.3, 0.4) is 0 Å². The zero-order valence-electron chi connectivity index (χ0n) is 19.4. The second-order valence-corrected chi connectivity index (χ2v) is 8.23. The van der Waals surface area contributed by atoms with Gasteiger partial charge in [0.25, 0.3) is 0 Å². The lowest BCUT2D eigenvalue weighted by molar-refractivity contribution is 0.244. The summed E-state index contributed by atoms with van der Waals surface area (Å²) in [6.45, 7) is 0. The van der Waals surface area contributed by atoms with E-state index in [1.807, 2.05) is 24.3 Å². The van der Waals surface area contributed by atoms with Gasteiger partial charge in [-0.05, 0) is 43.2 Å². The van der Waals surface area contributed by atoms with Gasteiger partial charge in [0.05, 0.1) is 25.6 Å². The van der Waals surface area contributed by atoms with E-state index in [1.54, 1.807) is 38.6 Å². The van der Waals surface area contributed by atoms with Crippen LogP contribution in [0.2, 0.25) is 0 Å². The van der Waals surface area contributed by atoms with Crippen LogP contribution < -0.4 is 31.2 Å². The third-order valence-corrected chi connectivity index (χ3v) is 5.78. The van der Waals surface area contributed by atoms with Gasteiger partial charge < -0.3 is 31.2 Å². The molecule has 1 fully saturated rings. The van der Waals surface area contributed by atoms with Gasteiger partial charge >= 0.3 is 6.03 Å². The number of amides is 2. The van der Waals surface area contributed by atoms with Crippen molar-refractivity contribution in [3.63, 3.8) is 0 Å². The largest absolute Gasteiger partial charge is 0.497 e. The van der Waals surface area contributed by atoms with E-state index in [2.05, 4.69) is 25.9 Å². The maximum absolute atomic E-state index is 12.5. The minimum absolute atomic E-state index is 0.221. The number of ether oxygens (including phenoxy) is 2. The van der Waals surface area contributed by atoms with Crippen LogP contribution in [-0.4, -0.2) is 36.3 Å². The molecule has 0 unspecified atom stereocenters. The monoisotopic (exact) mass is 462 g/mol. The summed E-state index contributed by atoms with van der Waals surface area (Å²) >= 11 is 0. The molecular weight excluding hydrogens is 432 g/mol. The summed E-state index contributed by atoms with van der Waals surface area (Å²) in [4.78, 5) is 21.4. The molecule has 0 atom stereocenters. The normalized spacial score (nSPS) is 13.7. The topological polar surface area (TPSA) is 123 Å². The smallest absolute Gasteiger partial charge is 0.319 e. The summed E-state index contributed by atoms with van der Waals surface area (Å²) in [5, 5.41) is 9.16. The maximum Gasteiger partial charge on any atom is 0.319 e. The van der Waals surface area contributed by atoms with Gasteiger partial charge in [-0.3, -0.25) is 0 Å². The Morgan fingerprint density at radius 1 is 1.00 bits per heavy atom. The van der Waals surface area contributed by atoms with Gasteiger partial charge in [0, 0.05) is 41.3 Å². The summed E-state index contributed by atoms with van der Waals surface area (Å²) in [5.74, 6) is 1.61. The Morgan fingerprint density at radius 2 is 1.79 bits per heavy atom. The lowest BCUT2D eigenvalue weighted by Gasteiger charge is -2.23. The lowest BCUT2D eigenvalue weighted by atomic mass is 9.96. The molecule has 0 aliphatic heterocycles. The molecular formula is C25H30N6O3. The third-order valence-electron chi connectivity index (χ3n) is 5.78. The van der Waals surface area contributed by atoms with E-state index >= 15 is 0 Å². The molecule has 178 valence electrons. The summed E-state index contributed by atoms with van der Waals surface area (Å²) in [6.07, 6.45) is 7.25. The lowest BCUT2D eigenvalue weighted by Crippen LogP contribution is -2.39. The number of carbonyl (C=O) groups is 1. The number of hydrogen-bond donors (Lipinski definition) is 4. The fourth-order valence-corrected chi connectivity index (χ4v) is 4.06.